The molecule has 1 aliphatic heterocycles. The molecule has 1 aromatic heterocycles. The lowest BCUT2D eigenvalue weighted by Crippen LogP contribution is -2.58. The van der Waals surface area contributed by atoms with Gasteiger partial charge in [0.25, 0.3) is 0 Å². The molecule has 6 N–H and O–H groups in total. The number of fused-ring (bicyclic) bond motifs is 1. The smallest absolute Gasteiger partial charge is 0.229 e. The van der Waals surface area contributed by atoms with Crippen molar-refractivity contribution in [2.45, 2.75) is 37.6 Å². The maximum absolute atomic E-state index is 13.2. The van der Waals surface area contributed by atoms with Crippen molar-refractivity contribution < 1.29 is 44.5 Å². The lowest BCUT2D eigenvalue weighted by atomic mass is 10.00. The van der Waals surface area contributed by atoms with Crippen LogP contribution in [0.5, 0.6) is 23.0 Å². The molecule has 1 saturated heterocycles. The zero-order valence-electron chi connectivity index (χ0n) is 16.2. The Labute approximate surface area is 174 Å². The standard InChI is InChI=1S/C21H20O10/c1-8-17(25)19(27)20(28)21(30-8)31-15-6-10(22)5-14-16(15)18(26)11(7-29-14)9-2-3-12(23)13(24)4-9/h2-8,17,19-25,27-28H,1H3/t8-,17-,19+,20+,21-/m0/s1. The molecule has 2 heterocycles. The van der Waals surface area contributed by atoms with Gasteiger partial charge in [-0.2, -0.15) is 0 Å². The summed E-state index contributed by atoms with van der Waals surface area (Å²) in [6, 6.07) is 6.11. The number of hydrogen-bond acceptors (Lipinski definition) is 10. The molecule has 0 amide bonds. The molecule has 3 aromatic rings. The zero-order valence-corrected chi connectivity index (χ0v) is 16.2. The van der Waals surface area contributed by atoms with Crippen LogP contribution in [0.15, 0.2) is 45.8 Å². The highest BCUT2D eigenvalue weighted by atomic mass is 16.7. The summed E-state index contributed by atoms with van der Waals surface area (Å²) in [6.45, 7) is 1.47. The number of rotatable bonds is 3. The molecule has 0 spiro atoms. The SMILES string of the molecule is C[C@@H]1O[C@@H](Oc2cc(O)cc3occ(-c4ccc(O)c(O)c4)c(=O)c23)[C@H](O)[C@H](O)[C@H]1O. The molecular formula is C21H20O10. The molecule has 164 valence electrons. The van der Waals surface area contributed by atoms with Gasteiger partial charge in [0.1, 0.15) is 47.0 Å². The second kappa shape index (κ2) is 7.75. The Morgan fingerprint density at radius 2 is 1.68 bits per heavy atom. The molecule has 0 bridgehead atoms. The summed E-state index contributed by atoms with van der Waals surface area (Å²) in [4.78, 5) is 13.2. The van der Waals surface area contributed by atoms with E-state index in [-0.39, 0.29) is 39.3 Å². The van der Waals surface area contributed by atoms with Crippen molar-refractivity contribution in [1.82, 2.24) is 0 Å². The van der Waals surface area contributed by atoms with Crippen LogP contribution in [0, 0.1) is 0 Å². The Hall–Kier alpha value is -3.31. The van der Waals surface area contributed by atoms with Gasteiger partial charge in [0.05, 0.1) is 11.7 Å². The number of aliphatic hydroxyl groups excluding tert-OH is 3. The third-order valence-corrected chi connectivity index (χ3v) is 5.16. The summed E-state index contributed by atoms with van der Waals surface area (Å²) in [7, 11) is 0. The normalized spacial score (nSPS) is 26.1. The quantitative estimate of drug-likeness (QED) is 0.325. The minimum atomic E-state index is -1.63. The molecule has 0 unspecified atom stereocenters. The maximum Gasteiger partial charge on any atom is 0.229 e. The van der Waals surface area contributed by atoms with Crippen molar-refractivity contribution in [3.63, 3.8) is 0 Å². The second-order valence-corrected chi connectivity index (χ2v) is 7.30. The first-order chi connectivity index (χ1) is 14.7. The number of ether oxygens (including phenoxy) is 2. The van der Waals surface area contributed by atoms with Crippen molar-refractivity contribution in [2.75, 3.05) is 0 Å². The zero-order chi connectivity index (χ0) is 22.4. The highest BCUT2D eigenvalue weighted by Gasteiger charge is 2.43. The van der Waals surface area contributed by atoms with Crippen LogP contribution in [0.4, 0.5) is 0 Å². The van der Waals surface area contributed by atoms with E-state index in [1.807, 2.05) is 0 Å². The molecular weight excluding hydrogens is 412 g/mol. The van der Waals surface area contributed by atoms with Gasteiger partial charge in [-0.3, -0.25) is 4.79 Å². The number of hydrogen-bond donors (Lipinski definition) is 6. The Balaban J connectivity index is 1.82. The molecule has 10 nitrogen and oxygen atoms in total. The predicted molar refractivity (Wildman–Crippen MR) is 106 cm³/mol. The number of benzene rings is 2. The van der Waals surface area contributed by atoms with Crippen molar-refractivity contribution in [3.05, 3.63) is 46.8 Å². The van der Waals surface area contributed by atoms with Crippen LogP contribution in [0.1, 0.15) is 6.92 Å². The van der Waals surface area contributed by atoms with E-state index >= 15 is 0 Å². The lowest BCUT2D eigenvalue weighted by molar-refractivity contribution is -0.267. The number of aromatic hydroxyl groups is 3. The topological polar surface area (TPSA) is 170 Å². The largest absolute Gasteiger partial charge is 0.508 e. The molecule has 4 rings (SSSR count). The third kappa shape index (κ3) is 3.66. The minimum absolute atomic E-state index is 0.0225. The maximum atomic E-state index is 13.2. The molecule has 0 saturated carbocycles. The van der Waals surface area contributed by atoms with E-state index in [1.165, 1.54) is 31.2 Å². The molecule has 1 aliphatic rings. The first-order valence-corrected chi connectivity index (χ1v) is 9.34. The Kier molecular flexibility index (Phi) is 5.23. The van der Waals surface area contributed by atoms with Gasteiger partial charge in [-0.05, 0) is 24.6 Å². The fourth-order valence-corrected chi connectivity index (χ4v) is 3.42. The molecule has 31 heavy (non-hydrogen) atoms. The molecule has 1 fully saturated rings. The summed E-state index contributed by atoms with van der Waals surface area (Å²) in [6.07, 6.45) is -5.71. The van der Waals surface area contributed by atoms with Crippen LogP contribution < -0.4 is 10.2 Å². The Morgan fingerprint density at radius 1 is 0.935 bits per heavy atom. The van der Waals surface area contributed by atoms with E-state index in [0.717, 1.165) is 12.3 Å². The molecule has 5 atom stereocenters. The Bertz CT molecular complexity index is 1190. The second-order valence-electron chi connectivity index (χ2n) is 7.30. The monoisotopic (exact) mass is 432 g/mol. The fraction of sp³-hybridized carbons (Fsp3) is 0.286. The third-order valence-electron chi connectivity index (χ3n) is 5.16. The number of phenolic OH excluding ortho intramolecular Hbond substituents is 3. The first kappa shape index (κ1) is 20.9. The van der Waals surface area contributed by atoms with Gasteiger partial charge in [-0.25, -0.2) is 0 Å². The van der Waals surface area contributed by atoms with Crippen LogP contribution in [0.2, 0.25) is 0 Å². The van der Waals surface area contributed by atoms with Gasteiger partial charge in [0, 0.05) is 12.1 Å². The number of aliphatic hydroxyl groups is 3. The summed E-state index contributed by atoms with van der Waals surface area (Å²) < 4.78 is 16.5. The van der Waals surface area contributed by atoms with E-state index in [2.05, 4.69) is 0 Å². The van der Waals surface area contributed by atoms with E-state index < -0.39 is 41.9 Å². The highest BCUT2D eigenvalue weighted by molar-refractivity contribution is 5.88. The van der Waals surface area contributed by atoms with Gasteiger partial charge in [-0.1, -0.05) is 6.07 Å². The fourth-order valence-electron chi connectivity index (χ4n) is 3.42. The van der Waals surface area contributed by atoms with Gasteiger partial charge in [0.15, 0.2) is 11.5 Å². The summed E-state index contributed by atoms with van der Waals surface area (Å²) in [5.41, 5.74) is -0.315. The van der Waals surface area contributed by atoms with Crippen LogP contribution in [-0.2, 0) is 4.74 Å². The van der Waals surface area contributed by atoms with Crippen LogP contribution in [0.25, 0.3) is 22.1 Å². The van der Waals surface area contributed by atoms with Gasteiger partial charge >= 0.3 is 0 Å². The van der Waals surface area contributed by atoms with E-state index in [4.69, 9.17) is 13.9 Å². The number of phenols is 3. The lowest BCUT2D eigenvalue weighted by Gasteiger charge is -2.38. The highest BCUT2D eigenvalue weighted by Crippen LogP contribution is 2.35. The summed E-state index contributed by atoms with van der Waals surface area (Å²) >= 11 is 0. The molecule has 2 aromatic carbocycles. The average Bonchev–Trinajstić information content (AvgIpc) is 2.72. The van der Waals surface area contributed by atoms with Gasteiger partial charge in [0.2, 0.25) is 11.7 Å². The summed E-state index contributed by atoms with van der Waals surface area (Å²) in [5.74, 6) is -1.27. The van der Waals surface area contributed by atoms with E-state index in [1.54, 1.807) is 0 Å². The average molecular weight is 432 g/mol. The van der Waals surface area contributed by atoms with Crippen LogP contribution in [0.3, 0.4) is 0 Å². The van der Waals surface area contributed by atoms with Gasteiger partial charge < -0.3 is 44.5 Å². The minimum Gasteiger partial charge on any atom is -0.508 e. The Morgan fingerprint density at radius 3 is 2.39 bits per heavy atom. The van der Waals surface area contributed by atoms with E-state index in [0.29, 0.717) is 0 Å². The summed E-state index contributed by atoms with van der Waals surface area (Å²) in [5, 5.41) is 59.2. The molecule has 10 heteroatoms. The van der Waals surface area contributed by atoms with Crippen molar-refractivity contribution >= 4 is 11.0 Å². The first-order valence-electron chi connectivity index (χ1n) is 9.34. The molecule has 0 aliphatic carbocycles. The van der Waals surface area contributed by atoms with Crippen LogP contribution >= 0.6 is 0 Å². The van der Waals surface area contributed by atoms with E-state index in [9.17, 15) is 35.4 Å². The van der Waals surface area contributed by atoms with Crippen LogP contribution in [-0.4, -0.2) is 61.3 Å². The van der Waals surface area contributed by atoms with Crippen molar-refractivity contribution in [1.29, 1.82) is 0 Å². The predicted octanol–water partition coefficient (Wildman–Crippen LogP) is 0.783. The van der Waals surface area contributed by atoms with Crippen molar-refractivity contribution in [3.8, 4) is 34.1 Å². The van der Waals surface area contributed by atoms with Gasteiger partial charge in [-0.15, -0.1) is 0 Å². The molecule has 0 radical (unpaired) electrons. The van der Waals surface area contributed by atoms with Crippen molar-refractivity contribution in [2.24, 2.45) is 0 Å².